The van der Waals surface area contributed by atoms with E-state index in [9.17, 15) is 4.39 Å². The first-order valence-electron chi connectivity index (χ1n) is 7.64. The van der Waals surface area contributed by atoms with Crippen LogP contribution in [0.2, 0.25) is 5.02 Å². The number of hydrogen-bond donors (Lipinski definition) is 2. The van der Waals surface area contributed by atoms with Crippen LogP contribution in [0.15, 0.2) is 42.7 Å². The lowest BCUT2D eigenvalue weighted by Crippen LogP contribution is -2.04. The van der Waals surface area contributed by atoms with Crippen LogP contribution in [-0.2, 0) is 6.54 Å². The summed E-state index contributed by atoms with van der Waals surface area (Å²) in [6.45, 7) is 0.311. The summed E-state index contributed by atoms with van der Waals surface area (Å²) in [4.78, 5) is 17.3. The number of thiazole rings is 1. The number of benzene rings is 1. The van der Waals surface area contributed by atoms with Crippen LogP contribution < -0.4 is 11.1 Å². The van der Waals surface area contributed by atoms with E-state index in [1.807, 2.05) is 0 Å². The number of fused-ring (bicyclic) bond motifs is 1. The molecular weight excluding hydrogens is 375 g/mol. The van der Waals surface area contributed by atoms with E-state index in [2.05, 4.69) is 25.3 Å². The highest BCUT2D eigenvalue weighted by Crippen LogP contribution is 2.38. The number of rotatable bonds is 4. The highest BCUT2D eigenvalue weighted by molar-refractivity contribution is 7.22. The van der Waals surface area contributed by atoms with Gasteiger partial charge in [0.15, 0.2) is 5.82 Å². The van der Waals surface area contributed by atoms with Gasteiger partial charge in [-0.05, 0) is 24.3 Å². The lowest BCUT2D eigenvalue weighted by atomic mass is 10.2. The zero-order chi connectivity index (χ0) is 18.1. The van der Waals surface area contributed by atoms with Crippen LogP contribution >= 0.6 is 22.9 Å². The van der Waals surface area contributed by atoms with Gasteiger partial charge >= 0.3 is 0 Å². The monoisotopic (exact) mass is 386 g/mol. The number of halogens is 2. The highest BCUT2D eigenvalue weighted by atomic mass is 35.5. The molecule has 9 heteroatoms. The van der Waals surface area contributed by atoms with Crippen LogP contribution in [0.4, 0.5) is 16.2 Å². The summed E-state index contributed by atoms with van der Waals surface area (Å²) in [6, 6.07) is 8.05. The number of anilines is 2. The van der Waals surface area contributed by atoms with Crippen molar-refractivity contribution in [2.45, 2.75) is 6.54 Å². The third kappa shape index (κ3) is 3.10. The summed E-state index contributed by atoms with van der Waals surface area (Å²) in [6.07, 6.45) is 3.23. The lowest BCUT2D eigenvalue weighted by Gasteiger charge is -2.05. The summed E-state index contributed by atoms with van der Waals surface area (Å²) in [5.74, 6) is 0.498. The second-order valence-corrected chi connectivity index (χ2v) is 6.73. The van der Waals surface area contributed by atoms with Gasteiger partial charge in [0.2, 0.25) is 5.95 Å². The molecule has 0 saturated carbocycles. The molecule has 0 amide bonds. The Labute approximate surface area is 156 Å². The van der Waals surface area contributed by atoms with Gasteiger partial charge in [-0.25, -0.2) is 24.3 Å². The Bertz CT molecular complexity index is 1080. The molecule has 3 aromatic heterocycles. The van der Waals surface area contributed by atoms with E-state index in [0.29, 0.717) is 39.6 Å². The maximum Gasteiger partial charge on any atom is 0.228 e. The van der Waals surface area contributed by atoms with Crippen LogP contribution in [0, 0.1) is 5.82 Å². The number of aromatic nitrogens is 4. The third-order valence-corrected chi connectivity index (χ3v) is 5.04. The fourth-order valence-corrected chi connectivity index (χ4v) is 3.80. The minimum absolute atomic E-state index is 0.280. The summed E-state index contributed by atoms with van der Waals surface area (Å²) >= 11 is 7.45. The quantitative estimate of drug-likeness (QED) is 0.547. The molecule has 4 rings (SSSR count). The molecule has 3 N–H and O–H groups in total. The van der Waals surface area contributed by atoms with Crippen LogP contribution in [0.3, 0.4) is 0 Å². The fourth-order valence-electron chi connectivity index (χ4n) is 2.43. The van der Waals surface area contributed by atoms with Gasteiger partial charge in [0.05, 0.1) is 26.5 Å². The Kier molecular flexibility index (Phi) is 4.46. The van der Waals surface area contributed by atoms with Gasteiger partial charge in [-0.3, -0.25) is 0 Å². The minimum Gasteiger partial charge on any atom is -0.325 e. The summed E-state index contributed by atoms with van der Waals surface area (Å²) in [5, 5.41) is 3.86. The van der Waals surface area contributed by atoms with Gasteiger partial charge in [-0.15, -0.1) is 11.3 Å². The molecule has 3 heterocycles. The van der Waals surface area contributed by atoms with E-state index in [1.165, 1.54) is 17.4 Å². The Hall–Kier alpha value is -2.68. The Morgan fingerprint density at radius 2 is 1.96 bits per heavy atom. The van der Waals surface area contributed by atoms with E-state index in [0.717, 1.165) is 4.70 Å². The molecule has 0 aliphatic heterocycles. The smallest absolute Gasteiger partial charge is 0.228 e. The molecule has 0 aliphatic carbocycles. The van der Waals surface area contributed by atoms with Crippen LogP contribution in [0.1, 0.15) is 5.69 Å². The second kappa shape index (κ2) is 6.91. The molecule has 6 nitrogen and oxygen atoms in total. The van der Waals surface area contributed by atoms with Crippen LogP contribution in [-0.4, -0.2) is 19.9 Å². The van der Waals surface area contributed by atoms with Gasteiger partial charge in [0.25, 0.3) is 0 Å². The van der Waals surface area contributed by atoms with Crippen molar-refractivity contribution in [1.82, 2.24) is 19.9 Å². The van der Waals surface area contributed by atoms with Crippen molar-refractivity contribution in [3.05, 3.63) is 59.3 Å². The number of nitrogens with two attached hydrogens (primary N) is 1. The van der Waals surface area contributed by atoms with Gasteiger partial charge in [0.1, 0.15) is 10.8 Å². The first-order valence-corrected chi connectivity index (χ1v) is 8.84. The van der Waals surface area contributed by atoms with Crippen LogP contribution in [0.25, 0.3) is 20.8 Å². The normalized spacial score (nSPS) is 11.0. The predicted molar refractivity (Wildman–Crippen MR) is 101 cm³/mol. The Balaban J connectivity index is 1.79. The van der Waals surface area contributed by atoms with Gasteiger partial charge in [-0.1, -0.05) is 17.7 Å². The summed E-state index contributed by atoms with van der Waals surface area (Å²) in [7, 11) is 0. The van der Waals surface area contributed by atoms with E-state index in [4.69, 9.17) is 17.3 Å². The predicted octanol–water partition coefficient (Wildman–Crippen LogP) is 4.14. The topological polar surface area (TPSA) is 89.6 Å². The minimum atomic E-state index is -0.419. The molecule has 0 saturated heterocycles. The van der Waals surface area contributed by atoms with Crippen molar-refractivity contribution in [2.75, 3.05) is 5.32 Å². The molecule has 0 fully saturated rings. The highest BCUT2D eigenvalue weighted by Gasteiger charge is 2.17. The van der Waals surface area contributed by atoms with E-state index >= 15 is 0 Å². The van der Waals surface area contributed by atoms with E-state index in [1.54, 1.807) is 36.7 Å². The molecule has 0 unspecified atom stereocenters. The Morgan fingerprint density at radius 1 is 1.12 bits per heavy atom. The summed E-state index contributed by atoms with van der Waals surface area (Å²) < 4.78 is 15.0. The maximum atomic E-state index is 14.2. The van der Waals surface area contributed by atoms with E-state index < -0.39 is 5.82 Å². The van der Waals surface area contributed by atoms with Crippen molar-refractivity contribution < 1.29 is 4.39 Å². The van der Waals surface area contributed by atoms with Crippen molar-refractivity contribution in [3.63, 3.8) is 0 Å². The molecular formula is C17H12ClFN6S. The number of hydrogen-bond acceptors (Lipinski definition) is 7. The third-order valence-electron chi connectivity index (χ3n) is 3.63. The molecule has 4 aromatic rings. The molecule has 130 valence electrons. The molecule has 0 bridgehead atoms. The number of pyridine rings is 1. The van der Waals surface area contributed by atoms with Gasteiger partial charge in [0, 0.05) is 18.9 Å². The molecule has 0 radical (unpaired) electrons. The molecule has 1 aromatic carbocycles. The van der Waals surface area contributed by atoms with Crippen molar-refractivity contribution in [2.24, 2.45) is 5.73 Å². The van der Waals surface area contributed by atoms with Gasteiger partial charge < -0.3 is 11.1 Å². The molecule has 26 heavy (non-hydrogen) atoms. The SMILES string of the molecule is NCc1ccnc(Nc2nccc3nc(-c4c(F)cccc4Cl)sc23)n1. The molecule has 0 atom stereocenters. The summed E-state index contributed by atoms with van der Waals surface area (Å²) in [5.41, 5.74) is 7.27. The van der Waals surface area contributed by atoms with Gasteiger partial charge in [-0.2, -0.15) is 0 Å². The second-order valence-electron chi connectivity index (χ2n) is 5.32. The van der Waals surface area contributed by atoms with Crippen LogP contribution in [0.5, 0.6) is 0 Å². The van der Waals surface area contributed by atoms with Crippen molar-refractivity contribution in [1.29, 1.82) is 0 Å². The van der Waals surface area contributed by atoms with Crippen molar-refractivity contribution >= 4 is 44.9 Å². The first-order chi connectivity index (χ1) is 12.7. The molecule has 0 aliphatic rings. The lowest BCUT2D eigenvalue weighted by molar-refractivity contribution is 0.631. The zero-order valence-electron chi connectivity index (χ0n) is 13.3. The average molecular weight is 387 g/mol. The van der Waals surface area contributed by atoms with E-state index in [-0.39, 0.29) is 5.56 Å². The average Bonchev–Trinajstić information content (AvgIpc) is 3.06. The fraction of sp³-hybridized carbons (Fsp3) is 0.0588. The number of nitrogens with one attached hydrogen (secondary N) is 1. The standard InChI is InChI=1S/C17H12ClFN6S/c18-10-2-1-3-11(19)13(10)16-24-12-5-7-21-15(14(12)26-16)25-17-22-6-4-9(8-20)23-17/h1-7H,8,20H2,(H,21,22,23,25). The largest absolute Gasteiger partial charge is 0.325 e. The van der Waals surface area contributed by atoms with Crippen molar-refractivity contribution in [3.8, 4) is 10.6 Å². The first kappa shape index (κ1) is 16.8. The number of nitrogens with zero attached hydrogens (tertiary/aromatic N) is 4. The Morgan fingerprint density at radius 3 is 2.77 bits per heavy atom. The maximum absolute atomic E-state index is 14.2. The molecule has 0 spiro atoms. The zero-order valence-corrected chi connectivity index (χ0v) is 14.9.